The van der Waals surface area contributed by atoms with Crippen molar-refractivity contribution in [2.45, 2.75) is 25.5 Å². The van der Waals surface area contributed by atoms with Crippen molar-refractivity contribution in [2.24, 2.45) is 5.73 Å². The Bertz CT molecular complexity index is 1070. The Hall–Kier alpha value is -3.57. The van der Waals surface area contributed by atoms with E-state index in [1.54, 1.807) is 23.0 Å². The molecule has 0 unspecified atom stereocenters. The summed E-state index contributed by atoms with van der Waals surface area (Å²) >= 11 is 0. The first kappa shape index (κ1) is 19.7. The van der Waals surface area contributed by atoms with Crippen LogP contribution < -0.4 is 11.1 Å². The van der Waals surface area contributed by atoms with Crippen LogP contribution in [0.15, 0.2) is 35.2 Å². The number of hydrogen-bond acceptors (Lipinski definition) is 8. The van der Waals surface area contributed by atoms with E-state index in [1.165, 1.54) is 12.5 Å². The highest BCUT2D eigenvalue weighted by Crippen LogP contribution is 2.25. The van der Waals surface area contributed by atoms with Crippen LogP contribution in [0, 0.1) is 0 Å². The van der Waals surface area contributed by atoms with Crippen LogP contribution >= 0.6 is 0 Å². The number of rotatable bonds is 6. The first-order valence-electron chi connectivity index (χ1n) is 9.35. The minimum atomic E-state index is -0.745. The number of primary amides is 1. The van der Waals surface area contributed by atoms with Crippen molar-refractivity contribution in [3.63, 3.8) is 0 Å². The Morgan fingerprint density at radius 3 is 2.87 bits per heavy atom. The molecule has 4 heterocycles. The lowest BCUT2D eigenvalue weighted by Gasteiger charge is -2.22. The molecule has 4 rings (SSSR count). The van der Waals surface area contributed by atoms with Crippen molar-refractivity contribution < 1.29 is 23.8 Å². The van der Waals surface area contributed by atoms with Crippen LogP contribution in [-0.2, 0) is 11.3 Å². The highest BCUT2D eigenvalue weighted by molar-refractivity contribution is 6.07. The van der Waals surface area contributed by atoms with Gasteiger partial charge in [0.2, 0.25) is 5.89 Å². The number of anilines is 1. The minimum Gasteiger partial charge on any atom is -0.444 e. The topological polar surface area (TPSA) is 158 Å². The highest BCUT2D eigenvalue weighted by atomic mass is 16.5. The summed E-state index contributed by atoms with van der Waals surface area (Å²) in [7, 11) is 0. The van der Waals surface area contributed by atoms with Gasteiger partial charge in [0.25, 0.3) is 11.8 Å². The predicted octanol–water partition coefficient (Wildman–Crippen LogP) is 1.13. The molecule has 30 heavy (non-hydrogen) atoms. The van der Waals surface area contributed by atoms with E-state index in [0.29, 0.717) is 24.5 Å². The van der Waals surface area contributed by atoms with E-state index in [1.807, 2.05) is 0 Å². The summed E-state index contributed by atoms with van der Waals surface area (Å²) in [6.07, 6.45) is 5.81. The third-order valence-electron chi connectivity index (χ3n) is 4.74. The van der Waals surface area contributed by atoms with Gasteiger partial charge in [0.15, 0.2) is 11.4 Å². The third-order valence-corrected chi connectivity index (χ3v) is 4.74. The number of nitrogens with one attached hydrogen (secondary N) is 1. The molecule has 11 nitrogen and oxygen atoms in total. The van der Waals surface area contributed by atoms with E-state index >= 15 is 0 Å². The van der Waals surface area contributed by atoms with Gasteiger partial charge in [-0.3, -0.25) is 19.3 Å². The maximum absolute atomic E-state index is 12.6. The van der Waals surface area contributed by atoms with Crippen molar-refractivity contribution in [3.8, 4) is 11.5 Å². The van der Waals surface area contributed by atoms with Crippen LogP contribution in [0.3, 0.4) is 0 Å². The van der Waals surface area contributed by atoms with Crippen LogP contribution in [0.25, 0.3) is 11.5 Å². The second-order valence-electron chi connectivity index (χ2n) is 6.77. The van der Waals surface area contributed by atoms with Crippen LogP contribution in [0.4, 0.5) is 5.69 Å². The van der Waals surface area contributed by atoms with Gasteiger partial charge in [0.05, 0.1) is 24.0 Å². The quantitative estimate of drug-likeness (QED) is 0.543. The predicted molar refractivity (Wildman–Crippen MR) is 103 cm³/mol. The fraction of sp³-hybridized carbons (Fsp3) is 0.316. The molecule has 1 aliphatic heterocycles. The van der Waals surface area contributed by atoms with Gasteiger partial charge < -0.3 is 25.3 Å². The van der Waals surface area contributed by atoms with Crippen LogP contribution in [0.2, 0.25) is 0 Å². The Kier molecular flexibility index (Phi) is 5.55. The van der Waals surface area contributed by atoms with Gasteiger partial charge in [-0.15, -0.1) is 0 Å². The molecule has 4 N–H and O–H groups in total. The van der Waals surface area contributed by atoms with Gasteiger partial charge in [0, 0.05) is 31.2 Å². The summed E-state index contributed by atoms with van der Waals surface area (Å²) in [4.78, 5) is 32.6. The van der Waals surface area contributed by atoms with Crippen molar-refractivity contribution >= 4 is 17.5 Å². The van der Waals surface area contributed by atoms with Gasteiger partial charge in [-0.1, -0.05) is 0 Å². The van der Waals surface area contributed by atoms with Crippen LogP contribution in [0.5, 0.6) is 0 Å². The highest BCUT2D eigenvalue weighted by Gasteiger charge is 2.23. The maximum atomic E-state index is 12.6. The molecule has 0 aromatic carbocycles. The SMILES string of the molecule is NC(=O)c1nn(C2CCOCC2)cc1NC(=O)c1coc(-c2ccnc(CO)c2)n1. The molecule has 0 bridgehead atoms. The smallest absolute Gasteiger partial charge is 0.277 e. The van der Waals surface area contributed by atoms with Gasteiger partial charge in [-0.05, 0) is 25.0 Å². The van der Waals surface area contributed by atoms with Gasteiger partial charge in [-0.2, -0.15) is 5.10 Å². The fourth-order valence-electron chi connectivity index (χ4n) is 3.20. The molecule has 3 aromatic rings. The first-order chi connectivity index (χ1) is 14.5. The van der Waals surface area contributed by atoms with Gasteiger partial charge in [-0.25, -0.2) is 4.98 Å². The Labute approximate surface area is 170 Å². The van der Waals surface area contributed by atoms with Crippen LogP contribution in [0.1, 0.15) is 45.6 Å². The molecule has 156 valence electrons. The maximum Gasteiger partial charge on any atom is 0.277 e. The second kappa shape index (κ2) is 8.43. The van der Waals surface area contributed by atoms with E-state index in [9.17, 15) is 14.7 Å². The molecular formula is C19H20N6O5. The Morgan fingerprint density at radius 1 is 1.33 bits per heavy atom. The van der Waals surface area contributed by atoms with Crippen molar-refractivity contribution in [2.75, 3.05) is 18.5 Å². The van der Waals surface area contributed by atoms with Crippen molar-refractivity contribution in [1.82, 2.24) is 19.7 Å². The van der Waals surface area contributed by atoms with E-state index in [4.69, 9.17) is 14.9 Å². The molecule has 0 saturated carbocycles. The average Bonchev–Trinajstić information content (AvgIpc) is 3.42. The standard InChI is InChI=1S/C19H20N6O5/c20-17(27)16-14(8-25(24-16)13-2-5-29-6-3-13)22-18(28)15-10-30-19(23-15)11-1-4-21-12(7-11)9-26/h1,4,7-8,10,13,26H,2-3,5-6,9H2,(H2,20,27)(H,22,28). The zero-order chi connectivity index (χ0) is 21.1. The molecule has 2 amide bonds. The number of oxazole rings is 1. The molecule has 0 aliphatic carbocycles. The Balaban J connectivity index is 1.54. The van der Waals surface area contributed by atoms with E-state index < -0.39 is 11.8 Å². The van der Waals surface area contributed by atoms with Crippen molar-refractivity contribution in [1.29, 1.82) is 0 Å². The summed E-state index contributed by atoms with van der Waals surface area (Å²) in [5.41, 5.74) is 6.63. The minimum absolute atomic E-state index is 0.0154. The number of nitrogens with two attached hydrogens (primary N) is 1. The Morgan fingerprint density at radius 2 is 2.13 bits per heavy atom. The third kappa shape index (κ3) is 4.07. The first-order valence-corrected chi connectivity index (χ1v) is 9.35. The number of aliphatic hydroxyl groups is 1. The number of hydrogen-bond donors (Lipinski definition) is 3. The largest absolute Gasteiger partial charge is 0.444 e. The normalized spacial score (nSPS) is 14.6. The molecule has 1 saturated heterocycles. The van der Waals surface area contributed by atoms with E-state index in [0.717, 1.165) is 12.8 Å². The van der Waals surface area contributed by atoms with E-state index in [-0.39, 0.29) is 35.6 Å². The number of pyridine rings is 1. The molecular weight excluding hydrogens is 392 g/mol. The summed E-state index contributed by atoms with van der Waals surface area (Å²) < 4.78 is 12.4. The number of carbonyl (C=O) groups excluding carboxylic acids is 2. The monoisotopic (exact) mass is 412 g/mol. The zero-order valence-corrected chi connectivity index (χ0v) is 15.9. The lowest BCUT2D eigenvalue weighted by Crippen LogP contribution is -2.21. The lowest BCUT2D eigenvalue weighted by atomic mass is 10.1. The summed E-state index contributed by atoms with van der Waals surface area (Å²) in [5.74, 6) is -1.12. The number of carbonyl (C=O) groups is 2. The summed E-state index contributed by atoms with van der Waals surface area (Å²) in [6.45, 7) is 0.981. The molecule has 1 fully saturated rings. The molecule has 0 atom stereocenters. The second-order valence-corrected chi connectivity index (χ2v) is 6.77. The summed E-state index contributed by atoms with van der Waals surface area (Å²) in [6, 6.07) is 3.32. The molecule has 0 radical (unpaired) electrons. The number of nitrogens with zero attached hydrogens (tertiary/aromatic N) is 4. The van der Waals surface area contributed by atoms with E-state index in [2.05, 4.69) is 20.4 Å². The zero-order valence-electron chi connectivity index (χ0n) is 15.9. The van der Waals surface area contributed by atoms with Crippen molar-refractivity contribution in [3.05, 3.63) is 47.9 Å². The number of aliphatic hydroxyl groups excluding tert-OH is 1. The van der Waals surface area contributed by atoms with Gasteiger partial charge in [0.1, 0.15) is 6.26 Å². The number of ether oxygens (including phenoxy) is 1. The fourth-order valence-corrected chi connectivity index (χ4v) is 3.20. The molecule has 11 heteroatoms. The molecule has 0 spiro atoms. The van der Waals surface area contributed by atoms with Gasteiger partial charge >= 0.3 is 0 Å². The number of aromatic nitrogens is 4. The molecule has 3 aromatic heterocycles. The number of amides is 2. The van der Waals surface area contributed by atoms with Crippen LogP contribution in [-0.4, -0.2) is 49.9 Å². The molecule has 1 aliphatic rings. The average molecular weight is 412 g/mol. The summed E-state index contributed by atoms with van der Waals surface area (Å²) in [5, 5.41) is 16.1. The lowest BCUT2D eigenvalue weighted by molar-refractivity contribution is 0.0661.